The number of esters is 1. The first-order valence-corrected chi connectivity index (χ1v) is 7.46. The Morgan fingerprint density at radius 2 is 2.09 bits per heavy atom. The van der Waals surface area contributed by atoms with Gasteiger partial charge in [0, 0.05) is 13.1 Å². The van der Waals surface area contributed by atoms with E-state index in [0.29, 0.717) is 19.7 Å². The molecule has 0 amide bonds. The van der Waals surface area contributed by atoms with Gasteiger partial charge in [-0.2, -0.15) is 13.2 Å². The van der Waals surface area contributed by atoms with Gasteiger partial charge in [0.2, 0.25) is 0 Å². The van der Waals surface area contributed by atoms with Gasteiger partial charge in [0.15, 0.2) is 0 Å². The van der Waals surface area contributed by atoms with Crippen molar-refractivity contribution in [3.63, 3.8) is 0 Å². The first kappa shape index (κ1) is 16.8. The van der Waals surface area contributed by atoms with Crippen LogP contribution in [0.5, 0.6) is 0 Å². The zero-order chi connectivity index (χ0) is 16.2. The van der Waals surface area contributed by atoms with Crippen LogP contribution in [0.4, 0.5) is 13.2 Å². The van der Waals surface area contributed by atoms with Crippen LogP contribution in [0.3, 0.4) is 0 Å². The number of carbonyl (C=O) groups excluding carboxylic acids is 1. The Labute approximate surface area is 128 Å². The molecule has 1 atom stereocenters. The Kier molecular flexibility index (Phi) is 5.45. The molecule has 0 radical (unpaired) electrons. The SMILES string of the molecule is CCOC(=O)C1CCCN(Cc2ccccc2C(F)(F)F)C1. The van der Waals surface area contributed by atoms with Crippen molar-refractivity contribution < 1.29 is 22.7 Å². The number of nitrogens with zero attached hydrogens (tertiary/aromatic N) is 1. The molecule has 0 aliphatic carbocycles. The molecular weight excluding hydrogens is 295 g/mol. The Morgan fingerprint density at radius 1 is 1.36 bits per heavy atom. The van der Waals surface area contributed by atoms with E-state index in [1.165, 1.54) is 12.1 Å². The molecule has 1 aromatic carbocycles. The van der Waals surface area contributed by atoms with Gasteiger partial charge in [-0.05, 0) is 37.9 Å². The van der Waals surface area contributed by atoms with Crippen molar-refractivity contribution >= 4 is 5.97 Å². The number of hydrogen-bond acceptors (Lipinski definition) is 3. The van der Waals surface area contributed by atoms with Crippen LogP contribution >= 0.6 is 0 Å². The molecular formula is C16H20F3NO2. The summed E-state index contributed by atoms with van der Waals surface area (Å²) in [4.78, 5) is 13.7. The predicted molar refractivity (Wildman–Crippen MR) is 76.1 cm³/mol. The van der Waals surface area contributed by atoms with Gasteiger partial charge < -0.3 is 4.74 Å². The van der Waals surface area contributed by atoms with Crippen molar-refractivity contribution in [2.45, 2.75) is 32.5 Å². The maximum absolute atomic E-state index is 13.0. The van der Waals surface area contributed by atoms with Gasteiger partial charge in [0.05, 0.1) is 18.1 Å². The monoisotopic (exact) mass is 315 g/mol. The quantitative estimate of drug-likeness (QED) is 0.797. The average molecular weight is 315 g/mol. The number of ether oxygens (including phenoxy) is 1. The molecule has 1 saturated heterocycles. The largest absolute Gasteiger partial charge is 0.466 e. The van der Waals surface area contributed by atoms with Gasteiger partial charge in [0.25, 0.3) is 0 Å². The van der Waals surface area contributed by atoms with Crippen LogP contribution in [0.15, 0.2) is 24.3 Å². The number of rotatable bonds is 4. The van der Waals surface area contributed by atoms with Crippen LogP contribution in [-0.2, 0) is 22.3 Å². The van der Waals surface area contributed by atoms with E-state index < -0.39 is 11.7 Å². The van der Waals surface area contributed by atoms with Crippen molar-refractivity contribution in [3.8, 4) is 0 Å². The standard InChI is InChI=1S/C16H20F3NO2/c1-2-22-15(21)13-7-5-9-20(11-13)10-12-6-3-4-8-14(12)16(17,18)19/h3-4,6,8,13H,2,5,7,9-11H2,1H3. The summed E-state index contributed by atoms with van der Waals surface area (Å²) in [6.07, 6.45) is -2.83. The Morgan fingerprint density at radius 3 is 2.77 bits per heavy atom. The molecule has 1 fully saturated rings. The fourth-order valence-electron chi connectivity index (χ4n) is 2.83. The third-order valence-corrected chi connectivity index (χ3v) is 3.84. The lowest BCUT2D eigenvalue weighted by Gasteiger charge is -2.32. The lowest BCUT2D eigenvalue weighted by atomic mass is 9.97. The Bertz CT molecular complexity index is 516. The molecule has 0 saturated carbocycles. The lowest BCUT2D eigenvalue weighted by Crippen LogP contribution is -2.39. The zero-order valence-corrected chi connectivity index (χ0v) is 12.5. The van der Waals surface area contributed by atoms with Crippen molar-refractivity contribution in [1.29, 1.82) is 0 Å². The van der Waals surface area contributed by atoms with Gasteiger partial charge >= 0.3 is 12.1 Å². The Hall–Kier alpha value is -1.56. The van der Waals surface area contributed by atoms with Crippen molar-refractivity contribution in [2.75, 3.05) is 19.7 Å². The van der Waals surface area contributed by atoms with Gasteiger partial charge in [0.1, 0.15) is 0 Å². The number of alkyl halides is 3. The van der Waals surface area contributed by atoms with Crippen LogP contribution in [0.25, 0.3) is 0 Å². The molecule has 1 aliphatic rings. The van der Waals surface area contributed by atoms with Gasteiger partial charge in [-0.15, -0.1) is 0 Å². The molecule has 0 aromatic heterocycles. The van der Waals surface area contributed by atoms with Crippen LogP contribution in [0.2, 0.25) is 0 Å². The highest BCUT2D eigenvalue weighted by atomic mass is 19.4. The van der Waals surface area contributed by atoms with E-state index in [2.05, 4.69) is 0 Å². The molecule has 3 nitrogen and oxygen atoms in total. The summed E-state index contributed by atoms with van der Waals surface area (Å²) in [5.74, 6) is -0.497. The summed E-state index contributed by atoms with van der Waals surface area (Å²) in [6.45, 7) is 3.42. The van der Waals surface area contributed by atoms with Gasteiger partial charge in [-0.25, -0.2) is 0 Å². The smallest absolute Gasteiger partial charge is 0.416 e. The van der Waals surface area contributed by atoms with Crippen LogP contribution in [0.1, 0.15) is 30.9 Å². The number of benzene rings is 1. The van der Waals surface area contributed by atoms with E-state index in [1.807, 2.05) is 4.90 Å². The van der Waals surface area contributed by atoms with E-state index in [-0.39, 0.29) is 24.0 Å². The lowest BCUT2D eigenvalue weighted by molar-refractivity contribution is -0.150. The summed E-state index contributed by atoms with van der Waals surface area (Å²) in [5.41, 5.74) is -0.354. The number of hydrogen-bond donors (Lipinski definition) is 0. The normalized spacial score (nSPS) is 19.9. The second-order valence-corrected chi connectivity index (χ2v) is 5.48. The molecule has 1 unspecified atom stereocenters. The highest BCUT2D eigenvalue weighted by Gasteiger charge is 2.34. The number of piperidine rings is 1. The number of carbonyl (C=O) groups is 1. The second-order valence-electron chi connectivity index (χ2n) is 5.48. The zero-order valence-electron chi connectivity index (χ0n) is 12.5. The van der Waals surface area contributed by atoms with E-state index in [0.717, 1.165) is 18.9 Å². The topological polar surface area (TPSA) is 29.5 Å². The van der Waals surface area contributed by atoms with E-state index in [4.69, 9.17) is 4.74 Å². The van der Waals surface area contributed by atoms with Crippen molar-refractivity contribution in [3.05, 3.63) is 35.4 Å². The highest BCUT2D eigenvalue weighted by Crippen LogP contribution is 2.33. The number of likely N-dealkylation sites (tertiary alicyclic amines) is 1. The minimum Gasteiger partial charge on any atom is -0.466 e. The van der Waals surface area contributed by atoms with Gasteiger partial charge in [-0.3, -0.25) is 9.69 Å². The van der Waals surface area contributed by atoms with Gasteiger partial charge in [-0.1, -0.05) is 18.2 Å². The summed E-state index contributed by atoms with van der Waals surface area (Å²) in [6, 6.07) is 5.60. The van der Waals surface area contributed by atoms with Crippen molar-refractivity contribution in [2.24, 2.45) is 5.92 Å². The molecule has 0 spiro atoms. The minimum atomic E-state index is -4.35. The molecule has 1 aromatic rings. The van der Waals surface area contributed by atoms with Crippen LogP contribution in [-0.4, -0.2) is 30.6 Å². The molecule has 1 aliphatic heterocycles. The highest BCUT2D eigenvalue weighted by molar-refractivity contribution is 5.72. The summed E-state index contributed by atoms with van der Waals surface area (Å²) in [5, 5.41) is 0. The van der Waals surface area contributed by atoms with Crippen molar-refractivity contribution in [1.82, 2.24) is 4.90 Å². The molecule has 1 heterocycles. The average Bonchev–Trinajstić information content (AvgIpc) is 2.47. The Balaban J connectivity index is 2.06. The minimum absolute atomic E-state index is 0.200. The van der Waals surface area contributed by atoms with E-state index in [9.17, 15) is 18.0 Å². The molecule has 0 N–H and O–H groups in total. The van der Waals surface area contributed by atoms with Crippen LogP contribution in [0, 0.1) is 5.92 Å². The first-order chi connectivity index (χ1) is 10.4. The summed E-state index contributed by atoms with van der Waals surface area (Å²) in [7, 11) is 0. The molecule has 6 heteroatoms. The number of halogens is 3. The van der Waals surface area contributed by atoms with Crippen LogP contribution < -0.4 is 0 Å². The van der Waals surface area contributed by atoms with E-state index >= 15 is 0 Å². The molecule has 122 valence electrons. The fraction of sp³-hybridized carbons (Fsp3) is 0.562. The maximum Gasteiger partial charge on any atom is 0.416 e. The fourth-order valence-corrected chi connectivity index (χ4v) is 2.83. The molecule has 22 heavy (non-hydrogen) atoms. The molecule has 2 rings (SSSR count). The third-order valence-electron chi connectivity index (χ3n) is 3.84. The first-order valence-electron chi connectivity index (χ1n) is 7.46. The predicted octanol–water partition coefficient (Wildman–Crippen LogP) is 3.48. The second kappa shape index (κ2) is 7.13. The van der Waals surface area contributed by atoms with E-state index in [1.54, 1.807) is 13.0 Å². The summed E-state index contributed by atoms with van der Waals surface area (Å²) >= 11 is 0. The maximum atomic E-state index is 13.0. The summed E-state index contributed by atoms with van der Waals surface area (Å²) < 4.78 is 44.1. The molecule has 0 bridgehead atoms. The third kappa shape index (κ3) is 4.22.